The van der Waals surface area contributed by atoms with E-state index in [4.69, 9.17) is 9.80 Å². The van der Waals surface area contributed by atoms with Crippen LogP contribution in [0.5, 0.6) is 0 Å². The molecule has 2 heterocycles. The number of hydrogen-bond acceptors (Lipinski definition) is 6. The molecule has 86 valence electrons. The second-order valence-corrected chi connectivity index (χ2v) is 3.47. The molecule has 0 aromatic heterocycles. The fourth-order valence-electron chi connectivity index (χ4n) is 1.61. The van der Waals surface area contributed by atoms with Crippen LogP contribution in [0.15, 0.2) is 0 Å². The first-order chi connectivity index (χ1) is 10.0. The predicted octanol–water partition coefficient (Wildman–Crippen LogP) is -3.11. The first-order valence-corrected chi connectivity index (χ1v) is 4.57. The van der Waals surface area contributed by atoms with Crippen molar-refractivity contribution in [3.8, 4) is 0 Å². The highest BCUT2D eigenvalue weighted by Crippen LogP contribution is 2.16. The lowest BCUT2D eigenvalue weighted by molar-refractivity contribution is -0.130. The van der Waals surface area contributed by atoms with Gasteiger partial charge in [-0.15, -0.1) is 0 Å². The van der Waals surface area contributed by atoms with Crippen LogP contribution in [0.25, 0.3) is 0 Å². The van der Waals surface area contributed by atoms with Gasteiger partial charge in [0.2, 0.25) is 5.91 Å². The van der Waals surface area contributed by atoms with E-state index in [0.29, 0.717) is 5.31 Å². The molecule has 2 rings (SSSR count). The maximum atomic E-state index is 12.4. The molecule has 7 nitrogen and oxygen atoms in total. The van der Waals surface area contributed by atoms with E-state index in [2.05, 4.69) is 0 Å². The molecule has 2 aliphatic rings. The third-order valence-electron chi connectivity index (χ3n) is 2.46. The molecule has 2 aliphatic heterocycles. The molecule has 4 atom stereocenters. The zero-order valence-electron chi connectivity index (χ0n) is 15.2. The summed E-state index contributed by atoms with van der Waals surface area (Å²) in [6.45, 7) is 0.926. The van der Waals surface area contributed by atoms with Crippen LogP contribution in [0.4, 0.5) is 0 Å². The molecule has 0 spiro atoms. The quantitative estimate of drug-likeness (QED) is 0.346. The van der Waals surface area contributed by atoms with Crippen LogP contribution in [-0.4, -0.2) is 53.7 Å². The molecule has 2 saturated heterocycles. The van der Waals surface area contributed by atoms with Crippen LogP contribution >= 0.6 is 0 Å². The second kappa shape index (κ2) is 4.03. The smallest absolute Gasteiger partial charge is 0.242 e. The van der Waals surface area contributed by atoms with Crippen LogP contribution in [0.2, 0.25) is 7.06 Å². The summed E-state index contributed by atoms with van der Waals surface area (Å²) >= 11 is 0. The van der Waals surface area contributed by atoms with Gasteiger partial charge in [-0.05, 0) is 6.92 Å². The zero-order chi connectivity index (χ0) is 17.0. The van der Waals surface area contributed by atoms with Gasteiger partial charge >= 0.3 is 0 Å². The number of nitrogens with two attached hydrogens (primary N) is 1. The lowest BCUT2D eigenvalue weighted by Crippen LogP contribution is -2.70. The zero-order valence-corrected chi connectivity index (χ0v) is 8.16. The Morgan fingerprint density at radius 3 is 3.47 bits per heavy atom. The van der Waals surface area contributed by atoms with Crippen LogP contribution < -0.4 is 21.6 Å². The number of carbonyl (C=O) groups is 1. The molecular weight excluding hydrogens is 198 g/mol. The highest BCUT2D eigenvalue weighted by Gasteiger charge is 2.44. The van der Waals surface area contributed by atoms with Crippen LogP contribution in [-0.2, 0) is 4.79 Å². The van der Waals surface area contributed by atoms with Gasteiger partial charge in [0.15, 0.2) is 1.41 Å². The third-order valence-corrected chi connectivity index (χ3v) is 2.46. The van der Waals surface area contributed by atoms with Gasteiger partial charge in [0, 0.05) is 6.04 Å². The van der Waals surface area contributed by atoms with Gasteiger partial charge < -0.3 is 10.4 Å². The standard InChI is InChI=1S/C8H17N5O2/c1-4(2-14)13-3-10-6-5(13)7(15)12-8(9)11-6/h4-6,8,10-11,14H,2-3,9H2,1H3,(H,12,15)/i6D,8D/hD5. The van der Waals surface area contributed by atoms with Gasteiger partial charge in [0.25, 0.3) is 0 Å². The Bertz CT molecular complexity index is 474. The molecule has 0 aromatic carbocycles. The molecule has 0 aromatic rings. The minimum atomic E-state index is -2.90. The van der Waals surface area contributed by atoms with E-state index in [-0.39, 0.29) is 29.6 Å². The van der Waals surface area contributed by atoms with E-state index in [1.165, 1.54) is 4.90 Å². The SMILES string of the molecule is [2H]N1CN(C(C)CO)C2C(=O)N([2H])C([2H])(N([2H])[2H])N([2H])C21[2H]. The molecule has 0 bridgehead atoms. The van der Waals surface area contributed by atoms with E-state index in [1.54, 1.807) is 6.92 Å². The number of hydrogen-bond donors (Lipinski definition) is 5. The summed E-state index contributed by atoms with van der Waals surface area (Å²) < 4.78 is 54.1. The Labute approximate surface area is 98.1 Å². The Kier molecular flexibility index (Phi) is 1.36. The molecule has 1 amide bonds. The number of aliphatic hydroxyl groups is 1. The summed E-state index contributed by atoms with van der Waals surface area (Å²) in [4.78, 5) is 13.7. The number of nitrogens with one attached hydrogen (secondary N) is 3. The number of amides is 1. The topological polar surface area (TPSA) is 103 Å². The highest BCUT2D eigenvalue weighted by molar-refractivity contribution is 5.84. The monoisotopic (exact) mass is 222 g/mol. The number of carbonyl (C=O) groups excluding carboxylic acids is 1. The van der Waals surface area contributed by atoms with Gasteiger partial charge in [-0.2, -0.15) is 0 Å². The van der Waals surface area contributed by atoms with Crippen molar-refractivity contribution < 1.29 is 19.7 Å². The normalized spacial score (nSPS) is 58.6. The molecular formula is C8H17N5O2. The molecule has 0 radical (unpaired) electrons. The average Bonchev–Trinajstić information content (AvgIpc) is 2.75. The number of fused-ring (bicyclic) bond motifs is 1. The van der Waals surface area contributed by atoms with E-state index in [0.717, 1.165) is 0 Å². The summed E-state index contributed by atoms with van der Waals surface area (Å²) in [5, 5.41) is 9.87. The lowest BCUT2D eigenvalue weighted by atomic mass is 10.1. The Balaban J connectivity index is 2.54. The third kappa shape index (κ3) is 1.84. The van der Waals surface area contributed by atoms with Crippen molar-refractivity contribution in [1.82, 2.24) is 20.8 Å². The lowest BCUT2D eigenvalue weighted by Gasteiger charge is -2.35. The molecule has 15 heavy (non-hydrogen) atoms. The summed E-state index contributed by atoms with van der Waals surface area (Å²) in [5.74, 6) is -1.09. The van der Waals surface area contributed by atoms with E-state index in [9.17, 15) is 9.90 Å². The molecule has 2 fully saturated rings. The van der Waals surface area contributed by atoms with Crippen molar-refractivity contribution in [3.63, 3.8) is 0 Å². The van der Waals surface area contributed by atoms with Crippen molar-refractivity contribution in [3.05, 3.63) is 0 Å². The maximum Gasteiger partial charge on any atom is 0.242 e. The first kappa shape index (κ1) is 5.07. The predicted molar refractivity (Wildman–Crippen MR) is 53.2 cm³/mol. The summed E-state index contributed by atoms with van der Waals surface area (Å²) in [6.07, 6.45) is -5.28. The van der Waals surface area contributed by atoms with Crippen LogP contribution in [0, 0.1) is 0 Å². The first-order valence-electron chi connectivity index (χ1n) is 7.81. The summed E-state index contributed by atoms with van der Waals surface area (Å²) in [6, 6.07) is -2.09. The fourth-order valence-corrected chi connectivity index (χ4v) is 1.61. The van der Waals surface area contributed by atoms with Crippen molar-refractivity contribution >= 4 is 5.91 Å². The molecule has 0 saturated carbocycles. The fraction of sp³-hybridized carbons (Fsp3) is 0.875. The number of rotatable bonds is 3. The van der Waals surface area contributed by atoms with Crippen LogP contribution in [0.1, 0.15) is 9.67 Å². The Morgan fingerprint density at radius 1 is 2.00 bits per heavy atom. The van der Waals surface area contributed by atoms with Gasteiger partial charge in [-0.25, -0.2) is 0 Å². The van der Waals surface area contributed by atoms with Gasteiger partial charge in [-0.1, -0.05) is 0 Å². The van der Waals surface area contributed by atoms with Crippen LogP contribution in [0.3, 0.4) is 0 Å². The van der Waals surface area contributed by atoms with Crippen molar-refractivity contribution in [2.75, 3.05) is 13.3 Å². The summed E-state index contributed by atoms with van der Waals surface area (Å²) in [7, 11) is 0. The molecule has 4 unspecified atom stereocenters. The van der Waals surface area contributed by atoms with Gasteiger partial charge in [-0.3, -0.25) is 26.0 Å². The van der Waals surface area contributed by atoms with Crippen molar-refractivity contribution in [2.24, 2.45) is 5.72 Å². The van der Waals surface area contributed by atoms with Gasteiger partial charge in [0.1, 0.15) is 18.0 Å². The average molecular weight is 222 g/mol. The summed E-state index contributed by atoms with van der Waals surface area (Å²) in [5.41, 5.74) is -0.344. The largest absolute Gasteiger partial charge is 0.395 e. The minimum Gasteiger partial charge on any atom is -0.395 e. The Hall–Kier alpha value is -0.730. The maximum absolute atomic E-state index is 12.4. The van der Waals surface area contributed by atoms with Gasteiger partial charge in [0.05, 0.1) is 22.2 Å². The van der Waals surface area contributed by atoms with E-state index in [1.807, 2.05) is 0 Å². The molecule has 7 heteroatoms. The van der Waals surface area contributed by atoms with Crippen molar-refractivity contribution in [1.29, 1.82) is 0 Å². The van der Waals surface area contributed by atoms with E-state index < -0.39 is 30.4 Å². The molecule has 6 N–H and O–H groups in total. The second-order valence-electron chi connectivity index (χ2n) is 3.47. The Morgan fingerprint density at radius 2 is 2.80 bits per heavy atom. The van der Waals surface area contributed by atoms with E-state index >= 15 is 0 Å². The molecule has 0 aliphatic carbocycles. The number of aliphatic hydroxyl groups excluding tert-OH is 1. The highest BCUT2D eigenvalue weighted by atomic mass is 16.3. The van der Waals surface area contributed by atoms with Crippen molar-refractivity contribution in [2.45, 2.75) is 31.4 Å². The number of nitrogens with zero attached hydrogens (tertiary/aromatic N) is 1. The minimum absolute atomic E-state index is 0.0340.